The molecule has 154 valence electrons. The van der Waals surface area contributed by atoms with E-state index in [9.17, 15) is 14.4 Å². The van der Waals surface area contributed by atoms with E-state index in [1.54, 1.807) is 48.5 Å². The van der Waals surface area contributed by atoms with Gasteiger partial charge in [-0.2, -0.15) is 0 Å². The largest absolute Gasteiger partial charge is 0.326 e. The number of hydrogen-bond donors (Lipinski definition) is 3. The highest BCUT2D eigenvalue weighted by atomic mass is 35.5. The summed E-state index contributed by atoms with van der Waals surface area (Å²) in [5.41, 5.74) is 1.99. The Morgan fingerprint density at radius 2 is 1.31 bits per heavy atom. The van der Waals surface area contributed by atoms with E-state index >= 15 is 0 Å². The van der Waals surface area contributed by atoms with Gasteiger partial charge in [0.1, 0.15) is 0 Å². The maximum absolute atomic E-state index is 12.3. The SMILES string of the molecule is CCN(CCC(=O)Nc1ccc(Cl)cc1)CC(=O)Nc1ccc(NC(C)=O)cc1. The number of carbonyl (C=O) groups is 3. The minimum Gasteiger partial charge on any atom is -0.326 e. The standard InChI is InChI=1S/C21H25ClN4O3/c1-3-26(13-12-20(28)24-18-6-4-16(22)5-7-18)14-21(29)25-19-10-8-17(9-11-19)23-15(2)27/h4-11H,3,12-14H2,1-2H3,(H,23,27)(H,24,28)(H,25,29). The second-order valence-corrected chi connectivity index (χ2v) is 6.92. The van der Waals surface area contributed by atoms with Crippen molar-refractivity contribution >= 4 is 46.4 Å². The number of halogens is 1. The predicted molar refractivity (Wildman–Crippen MR) is 116 cm³/mol. The number of rotatable bonds is 9. The van der Waals surface area contributed by atoms with Gasteiger partial charge < -0.3 is 16.0 Å². The summed E-state index contributed by atoms with van der Waals surface area (Å²) in [6.07, 6.45) is 0.273. The first-order valence-corrected chi connectivity index (χ1v) is 9.68. The monoisotopic (exact) mass is 416 g/mol. The second-order valence-electron chi connectivity index (χ2n) is 6.48. The van der Waals surface area contributed by atoms with Gasteiger partial charge in [-0.25, -0.2) is 0 Å². The highest BCUT2D eigenvalue weighted by Crippen LogP contribution is 2.14. The molecule has 0 heterocycles. The molecule has 0 fully saturated rings. The van der Waals surface area contributed by atoms with E-state index in [1.807, 2.05) is 11.8 Å². The third-order valence-electron chi connectivity index (χ3n) is 4.09. The maximum atomic E-state index is 12.3. The quantitative estimate of drug-likeness (QED) is 0.582. The number of nitrogens with one attached hydrogen (secondary N) is 3. The van der Waals surface area contributed by atoms with Crippen molar-refractivity contribution in [3.8, 4) is 0 Å². The van der Waals surface area contributed by atoms with Gasteiger partial charge in [0.2, 0.25) is 17.7 Å². The van der Waals surface area contributed by atoms with Crippen LogP contribution in [0.3, 0.4) is 0 Å². The Kier molecular flexibility index (Phi) is 8.64. The van der Waals surface area contributed by atoms with Gasteiger partial charge in [-0.1, -0.05) is 18.5 Å². The van der Waals surface area contributed by atoms with E-state index in [0.29, 0.717) is 35.2 Å². The van der Waals surface area contributed by atoms with Crippen LogP contribution in [-0.2, 0) is 14.4 Å². The molecule has 3 N–H and O–H groups in total. The minimum absolute atomic E-state index is 0.125. The number of likely N-dealkylation sites (N-methyl/N-ethyl adjacent to an activating group) is 1. The van der Waals surface area contributed by atoms with Gasteiger partial charge >= 0.3 is 0 Å². The molecule has 0 aliphatic carbocycles. The molecule has 0 unspecified atom stereocenters. The zero-order chi connectivity index (χ0) is 21.2. The van der Waals surface area contributed by atoms with Crippen molar-refractivity contribution in [2.24, 2.45) is 0 Å². The zero-order valence-electron chi connectivity index (χ0n) is 16.5. The Balaban J connectivity index is 1.77. The second kappa shape index (κ2) is 11.2. The molecule has 0 atom stereocenters. The molecular weight excluding hydrogens is 392 g/mol. The van der Waals surface area contributed by atoms with Crippen LogP contribution < -0.4 is 16.0 Å². The van der Waals surface area contributed by atoms with Crippen LogP contribution >= 0.6 is 11.6 Å². The van der Waals surface area contributed by atoms with Crippen LogP contribution in [0.5, 0.6) is 0 Å². The topological polar surface area (TPSA) is 90.5 Å². The minimum atomic E-state index is -0.169. The fourth-order valence-electron chi connectivity index (χ4n) is 2.61. The molecule has 0 aliphatic rings. The van der Waals surface area contributed by atoms with Crippen molar-refractivity contribution in [2.45, 2.75) is 20.3 Å². The molecule has 2 aromatic rings. The third-order valence-corrected chi connectivity index (χ3v) is 4.34. The summed E-state index contributed by atoms with van der Waals surface area (Å²) >= 11 is 5.83. The lowest BCUT2D eigenvalue weighted by molar-refractivity contribution is -0.119. The molecule has 3 amide bonds. The van der Waals surface area contributed by atoms with Gasteiger partial charge in [-0.3, -0.25) is 19.3 Å². The summed E-state index contributed by atoms with van der Waals surface area (Å²) in [7, 11) is 0. The van der Waals surface area contributed by atoms with Gasteiger partial charge in [-0.05, 0) is 55.1 Å². The molecule has 29 heavy (non-hydrogen) atoms. The van der Waals surface area contributed by atoms with E-state index in [0.717, 1.165) is 0 Å². The maximum Gasteiger partial charge on any atom is 0.238 e. The van der Waals surface area contributed by atoms with Crippen molar-refractivity contribution in [1.29, 1.82) is 0 Å². The van der Waals surface area contributed by atoms with Gasteiger partial charge in [0.25, 0.3) is 0 Å². The summed E-state index contributed by atoms with van der Waals surface area (Å²) in [6.45, 7) is 4.66. The van der Waals surface area contributed by atoms with E-state index in [-0.39, 0.29) is 30.7 Å². The van der Waals surface area contributed by atoms with Gasteiger partial charge in [0.15, 0.2) is 0 Å². The average Bonchev–Trinajstić information content (AvgIpc) is 2.68. The first-order chi connectivity index (χ1) is 13.9. The summed E-state index contributed by atoms with van der Waals surface area (Å²) < 4.78 is 0. The summed E-state index contributed by atoms with van der Waals surface area (Å²) in [6, 6.07) is 13.8. The molecule has 2 aromatic carbocycles. The lowest BCUT2D eigenvalue weighted by Crippen LogP contribution is -2.35. The van der Waals surface area contributed by atoms with Crippen molar-refractivity contribution in [2.75, 3.05) is 35.6 Å². The van der Waals surface area contributed by atoms with Crippen LogP contribution in [0.15, 0.2) is 48.5 Å². The molecule has 0 aliphatic heterocycles. The van der Waals surface area contributed by atoms with Crippen molar-refractivity contribution in [3.63, 3.8) is 0 Å². The number of benzene rings is 2. The van der Waals surface area contributed by atoms with Gasteiger partial charge in [0.05, 0.1) is 6.54 Å². The van der Waals surface area contributed by atoms with Crippen molar-refractivity contribution < 1.29 is 14.4 Å². The fourth-order valence-corrected chi connectivity index (χ4v) is 2.74. The first-order valence-electron chi connectivity index (χ1n) is 9.31. The third kappa shape index (κ3) is 8.33. The van der Waals surface area contributed by atoms with Crippen LogP contribution in [-0.4, -0.2) is 42.3 Å². The number of hydrogen-bond acceptors (Lipinski definition) is 4. The number of nitrogens with zero attached hydrogens (tertiary/aromatic N) is 1. The van der Waals surface area contributed by atoms with Crippen LogP contribution in [0.4, 0.5) is 17.1 Å². The van der Waals surface area contributed by atoms with Crippen LogP contribution in [0.1, 0.15) is 20.3 Å². The van der Waals surface area contributed by atoms with E-state index in [4.69, 9.17) is 11.6 Å². The first kappa shape index (κ1) is 22.4. The Hall–Kier alpha value is -2.90. The molecule has 0 spiro atoms. The molecule has 0 saturated carbocycles. The number of anilines is 3. The molecule has 7 nitrogen and oxygen atoms in total. The summed E-state index contributed by atoms with van der Waals surface area (Å²) in [5.74, 6) is -0.447. The smallest absolute Gasteiger partial charge is 0.238 e. The number of carbonyl (C=O) groups excluding carboxylic acids is 3. The van der Waals surface area contributed by atoms with E-state index in [1.165, 1.54) is 6.92 Å². The van der Waals surface area contributed by atoms with Gasteiger partial charge in [0, 0.05) is 42.0 Å². The Labute approximate surface area is 175 Å². The zero-order valence-corrected chi connectivity index (χ0v) is 17.3. The molecule has 2 rings (SSSR count). The van der Waals surface area contributed by atoms with Crippen LogP contribution in [0.25, 0.3) is 0 Å². The Morgan fingerprint density at radius 3 is 1.83 bits per heavy atom. The molecule has 0 aromatic heterocycles. The molecule has 0 bridgehead atoms. The molecule has 0 radical (unpaired) electrons. The highest BCUT2D eigenvalue weighted by Gasteiger charge is 2.12. The normalized spacial score (nSPS) is 10.5. The van der Waals surface area contributed by atoms with Crippen molar-refractivity contribution in [3.05, 3.63) is 53.6 Å². The summed E-state index contributed by atoms with van der Waals surface area (Å²) in [4.78, 5) is 37.3. The van der Waals surface area contributed by atoms with E-state index in [2.05, 4.69) is 16.0 Å². The lowest BCUT2D eigenvalue weighted by Gasteiger charge is -2.19. The molecule has 0 saturated heterocycles. The Morgan fingerprint density at radius 1 is 0.828 bits per heavy atom. The molecule has 8 heteroatoms. The average molecular weight is 417 g/mol. The highest BCUT2D eigenvalue weighted by molar-refractivity contribution is 6.30. The predicted octanol–water partition coefficient (Wildman–Crippen LogP) is 3.59. The number of amides is 3. The summed E-state index contributed by atoms with van der Waals surface area (Å²) in [5, 5.41) is 8.90. The molecular formula is C21H25ClN4O3. The van der Waals surface area contributed by atoms with Crippen molar-refractivity contribution in [1.82, 2.24) is 4.90 Å². The Bertz CT molecular complexity index is 838. The van der Waals surface area contributed by atoms with E-state index < -0.39 is 0 Å². The van der Waals surface area contributed by atoms with Crippen LogP contribution in [0, 0.1) is 0 Å². The van der Waals surface area contributed by atoms with Crippen LogP contribution in [0.2, 0.25) is 5.02 Å². The fraction of sp³-hybridized carbons (Fsp3) is 0.286. The lowest BCUT2D eigenvalue weighted by atomic mass is 10.2. The van der Waals surface area contributed by atoms with Gasteiger partial charge in [-0.15, -0.1) is 0 Å².